The Morgan fingerprint density at radius 2 is 2.17 bits per heavy atom. The summed E-state index contributed by atoms with van der Waals surface area (Å²) in [6.07, 6.45) is 2.64. The minimum atomic E-state index is -0.636. The number of rotatable bonds is 3. The van der Waals surface area contributed by atoms with Crippen molar-refractivity contribution in [1.29, 1.82) is 0 Å². The average molecular weight is 171 g/mol. The van der Waals surface area contributed by atoms with Crippen LogP contribution in [0.15, 0.2) is 0 Å². The summed E-state index contributed by atoms with van der Waals surface area (Å²) in [5.41, 5.74) is 0. The third-order valence-electron chi connectivity index (χ3n) is 2.35. The van der Waals surface area contributed by atoms with Crippen molar-refractivity contribution in [3.8, 4) is 0 Å². The maximum Gasteiger partial charge on any atom is 0.306 e. The van der Waals surface area contributed by atoms with Gasteiger partial charge in [0.05, 0.1) is 5.92 Å². The first-order valence-electron chi connectivity index (χ1n) is 4.58. The van der Waals surface area contributed by atoms with E-state index in [1.165, 1.54) is 0 Å². The second-order valence-electron chi connectivity index (χ2n) is 3.87. The smallest absolute Gasteiger partial charge is 0.306 e. The van der Waals surface area contributed by atoms with Gasteiger partial charge in [0.15, 0.2) is 0 Å². The molecule has 3 heteroatoms. The van der Waals surface area contributed by atoms with E-state index in [2.05, 4.69) is 19.2 Å². The summed E-state index contributed by atoms with van der Waals surface area (Å²) in [6, 6.07) is 0.883. The third kappa shape index (κ3) is 2.48. The number of carbonyl (C=O) groups is 1. The highest BCUT2D eigenvalue weighted by atomic mass is 16.4. The van der Waals surface area contributed by atoms with E-state index in [0.29, 0.717) is 12.1 Å². The van der Waals surface area contributed by atoms with Gasteiger partial charge < -0.3 is 10.4 Å². The Morgan fingerprint density at radius 1 is 1.50 bits per heavy atom. The Morgan fingerprint density at radius 3 is 2.58 bits per heavy atom. The zero-order chi connectivity index (χ0) is 9.14. The van der Waals surface area contributed by atoms with Crippen LogP contribution in [-0.4, -0.2) is 23.2 Å². The fraction of sp³-hybridized carbons (Fsp3) is 0.889. The van der Waals surface area contributed by atoms with Crippen molar-refractivity contribution in [3.05, 3.63) is 0 Å². The lowest BCUT2D eigenvalue weighted by Crippen LogP contribution is -2.33. The summed E-state index contributed by atoms with van der Waals surface area (Å²) in [7, 11) is 0. The fourth-order valence-corrected chi connectivity index (χ4v) is 1.83. The van der Waals surface area contributed by atoms with E-state index < -0.39 is 5.97 Å². The molecule has 12 heavy (non-hydrogen) atoms. The molecule has 1 aliphatic rings. The molecule has 3 nitrogen and oxygen atoms in total. The molecule has 0 saturated heterocycles. The van der Waals surface area contributed by atoms with Crippen LogP contribution in [0, 0.1) is 5.92 Å². The van der Waals surface area contributed by atoms with E-state index in [1.54, 1.807) is 0 Å². The number of carboxylic acid groups (broad SMARTS) is 1. The lowest BCUT2D eigenvalue weighted by molar-refractivity contribution is -0.141. The molecule has 0 aromatic heterocycles. The standard InChI is InChI=1S/C9H17NO2/c1-6(2)10-8-4-3-7(5-8)9(11)12/h6-8,10H,3-5H2,1-2H3,(H,11,12). The summed E-state index contributed by atoms with van der Waals surface area (Å²) in [4.78, 5) is 10.6. The summed E-state index contributed by atoms with van der Waals surface area (Å²) < 4.78 is 0. The van der Waals surface area contributed by atoms with Crippen molar-refractivity contribution in [2.45, 2.75) is 45.2 Å². The number of hydrogen-bond donors (Lipinski definition) is 2. The topological polar surface area (TPSA) is 49.3 Å². The summed E-state index contributed by atoms with van der Waals surface area (Å²) in [5.74, 6) is -0.746. The van der Waals surface area contributed by atoms with Crippen molar-refractivity contribution in [2.75, 3.05) is 0 Å². The lowest BCUT2D eigenvalue weighted by Gasteiger charge is -2.14. The van der Waals surface area contributed by atoms with Crippen molar-refractivity contribution < 1.29 is 9.90 Å². The molecule has 0 aromatic carbocycles. The second kappa shape index (κ2) is 3.90. The minimum absolute atomic E-state index is 0.110. The molecule has 70 valence electrons. The first kappa shape index (κ1) is 9.52. The molecule has 1 rings (SSSR count). The quantitative estimate of drug-likeness (QED) is 0.671. The number of aliphatic carboxylic acids is 1. The molecule has 1 fully saturated rings. The Balaban J connectivity index is 2.30. The highest BCUT2D eigenvalue weighted by Gasteiger charge is 2.29. The maximum absolute atomic E-state index is 10.6. The van der Waals surface area contributed by atoms with Crippen LogP contribution >= 0.6 is 0 Å². The molecule has 0 heterocycles. The Hall–Kier alpha value is -0.570. The fourth-order valence-electron chi connectivity index (χ4n) is 1.83. The summed E-state index contributed by atoms with van der Waals surface area (Å²) >= 11 is 0. The zero-order valence-electron chi connectivity index (χ0n) is 7.71. The van der Waals surface area contributed by atoms with Crippen molar-refractivity contribution in [3.63, 3.8) is 0 Å². The van der Waals surface area contributed by atoms with E-state index in [-0.39, 0.29) is 5.92 Å². The number of carboxylic acids is 1. The SMILES string of the molecule is CC(C)NC1CCC(C(=O)O)C1. The molecule has 0 radical (unpaired) electrons. The number of hydrogen-bond acceptors (Lipinski definition) is 2. The largest absolute Gasteiger partial charge is 0.481 e. The first-order valence-corrected chi connectivity index (χ1v) is 4.58. The van der Waals surface area contributed by atoms with Gasteiger partial charge in [0.25, 0.3) is 0 Å². The van der Waals surface area contributed by atoms with Crippen LogP contribution in [-0.2, 0) is 4.79 Å². The molecule has 0 aliphatic heterocycles. The van der Waals surface area contributed by atoms with E-state index in [1.807, 2.05) is 0 Å². The molecule has 0 amide bonds. The third-order valence-corrected chi connectivity index (χ3v) is 2.35. The summed E-state index contributed by atoms with van der Waals surface area (Å²) in [6.45, 7) is 4.18. The van der Waals surface area contributed by atoms with Crippen LogP contribution in [0.2, 0.25) is 0 Å². The number of nitrogens with one attached hydrogen (secondary N) is 1. The lowest BCUT2D eigenvalue weighted by atomic mass is 10.1. The molecule has 0 spiro atoms. The van der Waals surface area contributed by atoms with Crippen LogP contribution < -0.4 is 5.32 Å². The second-order valence-corrected chi connectivity index (χ2v) is 3.87. The zero-order valence-corrected chi connectivity index (χ0v) is 7.71. The van der Waals surface area contributed by atoms with E-state index in [9.17, 15) is 4.79 Å². The van der Waals surface area contributed by atoms with Gasteiger partial charge >= 0.3 is 5.97 Å². The molecule has 2 atom stereocenters. The summed E-state index contributed by atoms with van der Waals surface area (Å²) in [5, 5.41) is 12.1. The van der Waals surface area contributed by atoms with Gasteiger partial charge in [-0.05, 0) is 19.3 Å². The van der Waals surface area contributed by atoms with Gasteiger partial charge in [0.2, 0.25) is 0 Å². The van der Waals surface area contributed by atoms with Gasteiger partial charge in [-0.1, -0.05) is 13.8 Å². The molecular weight excluding hydrogens is 154 g/mol. The molecule has 1 saturated carbocycles. The van der Waals surface area contributed by atoms with Crippen LogP contribution in [0.5, 0.6) is 0 Å². The van der Waals surface area contributed by atoms with Crippen LogP contribution in [0.1, 0.15) is 33.1 Å². The Bertz CT molecular complexity index is 168. The van der Waals surface area contributed by atoms with E-state index >= 15 is 0 Å². The normalized spacial score (nSPS) is 29.6. The van der Waals surface area contributed by atoms with Gasteiger partial charge in [-0.3, -0.25) is 4.79 Å². The van der Waals surface area contributed by atoms with Gasteiger partial charge in [0, 0.05) is 12.1 Å². The van der Waals surface area contributed by atoms with E-state index in [0.717, 1.165) is 19.3 Å². The predicted molar refractivity (Wildman–Crippen MR) is 47.0 cm³/mol. The van der Waals surface area contributed by atoms with Gasteiger partial charge in [-0.15, -0.1) is 0 Å². The predicted octanol–water partition coefficient (Wildman–Crippen LogP) is 1.24. The van der Waals surface area contributed by atoms with Gasteiger partial charge in [-0.2, -0.15) is 0 Å². The highest BCUT2D eigenvalue weighted by molar-refractivity contribution is 5.70. The van der Waals surface area contributed by atoms with Gasteiger partial charge in [0.1, 0.15) is 0 Å². The maximum atomic E-state index is 10.6. The Kier molecular flexibility index (Phi) is 3.09. The molecule has 2 unspecified atom stereocenters. The van der Waals surface area contributed by atoms with Gasteiger partial charge in [-0.25, -0.2) is 0 Å². The average Bonchev–Trinajstić information content (AvgIpc) is 2.34. The highest BCUT2D eigenvalue weighted by Crippen LogP contribution is 2.25. The van der Waals surface area contributed by atoms with E-state index in [4.69, 9.17) is 5.11 Å². The van der Waals surface area contributed by atoms with Crippen LogP contribution in [0.3, 0.4) is 0 Å². The molecule has 0 bridgehead atoms. The first-order chi connectivity index (χ1) is 5.59. The molecule has 1 aliphatic carbocycles. The monoisotopic (exact) mass is 171 g/mol. The van der Waals surface area contributed by atoms with Crippen molar-refractivity contribution >= 4 is 5.97 Å². The van der Waals surface area contributed by atoms with Crippen LogP contribution in [0.25, 0.3) is 0 Å². The van der Waals surface area contributed by atoms with Crippen molar-refractivity contribution in [2.24, 2.45) is 5.92 Å². The molecule has 2 N–H and O–H groups in total. The van der Waals surface area contributed by atoms with Crippen molar-refractivity contribution in [1.82, 2.24) is 5.32 Å². The molecular formula is C9H17NO2. The van der Waals surface area contributed by atoms with Crippen LogP contribution in [0.4, 0.5) is 0 Å². The molecule has 0 aromatic rings. The Labute approximate surface area is 73.2 Å². The minimum Gasteiger partial charge on any atom is -0.481 e.